The van der Waals surface area contributed by atoms with Crippen LogP contribution in [0.2, 0.25) is 0 Å². The zero-order valence-corrected chi connectivity index (χ0v) is 9.93. The summed E-state index contributed by atoms with van der Waals surface area (Å²) in [5.41, 5.74) is 6.20. The van der Waals surface area contributed by atoms with E-state index in [9.17, 15) is 0 Å². The van der Waals surface area contributed by atoms with Gasteiger partial charge in [0.25, 0.3) is 0 Å². The first-order valence-electron chi connectivity index (χ1n) is 6.61. The number of piperidine rings is 3. The summed E-state index contributed by atoms with van der Waals surface area (Å²) in [5, 5.41) is 4.15. The lowest BCUT2D eigenvalue weighted by molar-refractivity contribution is 0.0207. The van der Waals surface area contributed by atoms with Crippen LogP contribution in [0.15, 0.2) is 4.52 Å². The number of fused-ring (bicyclic) bond motifs is 3. The van der Waals surface area contributed by atoms with E-state index in [4.69, 9.17) is 10.3 Å². The highest BCUT2D eigenvalue weighted by Gasteiger charge is 2.48. The molecule has 2 bridgehead atoms. The van der Waals surface area contributed by atoms with Crippen LogP contribution >= 0.6 is 0 Å². The Morgan fingerprint density at radius 2 is 2.00 bits per heavy atom. The third-order valence-corrected chi connectivity index (χ3v) is 4.59. The third-order valence-electron chi connectivity index (χ3n) is 4.59. The van der Waals surface area contributed by atoms with Crippen LogP contribution in [0.4, 0.5) is 0 Å². The van der Waals surface area contributed by atoms with Crippen molar-refractivity contribution in [3.05, 3.63) is 11.7 Å². The minimum Gasteiger partial charge on any atom is -0.339 e. The lowest BCUT2D eigenvalue weighted by Gasteiger charge is -2.49. The van der Waals surface area contributed by atoms with Gasteiger partial charge in [0.05, 0.1) is 5.54 Å². The normalized spacial score (nSPS) is 40.8. The van der Waals surface area contributed by atoms with Gasteiger partial charge in [-0.1, -0.05) is 5.16 Å². The summed E-state index contributed by atoms with van der Waals surface area (Å²) in [6.07, 6.45) is 4.72. The molecule has 3 aliphatic heterocycles. The lowest BCUT2D eigenvalue weighted by atomic mass is 9.73. The average molecular weight is 234 g/mol. The summed E-state index contributed by atoms with van der Waals surface area (Å²) in [4.78, 5) is 6.98. The van der Waals surface area contributed by atoms with Gasteiger partial charge in [0.1, 0.15) is 0 Å². The molecule has 1 unspecified atom stereocenters. The Morgan fingerprint density at radius 1 is 1.24 bits per heavy atom. The Balaban J connectivity index is 1.67. The van der Waals surface area contributed by atoms with E-state index in [0.29, 0.717) is 11.8 Å². The van der Waals surface area contributed by atoms with Gasteiger partial charge in [-0.05, 0) is 44.7 Å². The quantitative estimate of drug-likeness (QED) is 0.820. The molecule has 5 heteroatoms. The molecule has 4 heterocycles. The first-order chi connectivity index (χ1) is 8.25. The van der Waals surface area contributed by atoms with Gasteiger partial charge in [0.15, 0.2) is 5.82 Å². The van der Waals surface area contributed by atoms with E-state index in [-0.39, 0.29) is 5.54 Å². The summed E-state index contributed by atoms with van der Waals surface area (Å²) >= 11 is 0. The monoisotopic (exact) mass is 234 g/mol. The number of hydrogen-bond donors (Lipinski definition) is 1. The third kappa shape index (κ3) is 1.45. The zero-order chi connectivity index (χ0) is 11.5. The molecule has 0 spiro atoms. The van der Waals surface area contributed by atoms with E-state index in [1.165, 1.54) is 38.8 Å². The molecular formula is C12H18N4O. The molecule has 3 saturated heterocycles. The van der Waals surface area contributed by atoms with E-state index in [1.54, 1.807) is 0 Å². The number of aromatic nitrogens is 2. The molecule has 4 aliphatic rings. The predicted molar refractivity (Wildman–Crippen MR) is 61.3 cm³/mol. The minimum atomic E-state index is -0.368. The maximum Gasteiger partial charge on any atom is 0.229 e. The smallest absolute Gasteiger partial charge is 0.229 e. The highest BCUT2D eigenvalue weighted by molar-refractivity contribution is 5.14. The van der Waals surface area contributed by atoms with Crippen molar-refractivity contribution in [2.24, 2.45) is 11.7 Å². The van der Waals surface area contributed by atoms with Crippen molar-refractivity contribution >= 4 is 0 Å². The number of hydrogen-bond acceptors (Lipinski definition) is 5. The van der Waals surface area contributed by atoms with Crippen LogP contribution in [0.1, 0.15) is 43.3 Å². The van der Waals surface area contributed by atoms with Crippen molar-refractivity contribution in [2.45, 2.75) is 37.1 Å². The van der Waals surface area contributed by atoms with Crippen molar-refractivity contribution < 1.29 is 4.52 Å². The summed E-state index contributed by atoms with van der Waals surface area (Å²) in [6, 6.07) is 0. The fourth-order valence-electron chi connectivity index (χ4n) is 3.28. The maximum atomic E-state index is 6.57. The van der Waals surface area contributed by atoms with Gasteiger partial charge in [-0.15, -0.1) is 0 Å². The molecule has 2 N–H and O–H groups in total. The Labute approximate surface area is 100 Å². The Hall–Kier alpha value is -0.940. The van der Waals surface area contributed by atoms with Gasteiger partial charge < -0.3 is 15.2 Å². The SMILES string of the molecule is NC1(c2noc(C3CC3)n2)CN2CCC1CC2. The highest BCUT2D eigenvalue weighted by atomic mass is 16.5. The van der Waals surface area contributed by atoms with Crippen molar-refractivity contribution in [1.82, 2.24) is 15.0 Å². The fraction of sp³-hybridized carbons (Fsp3) is 0.833. The second kappa shape index (κ2) is 3.29. The van der Waals surface area contributed by atoms with E-state index in [2.05, 4.69) is 15.0 Å². The molecular weight excluding hydrogens is 216 g/mol. The van der Waals surface area contributed by atoms with Gasteiger partial charge in [0.2, 0.25) is 5.89 Å². The largest absolute Gasteiger partial charge is 0.339 e. The van der Waals surface area contributed by atoms with Crippen molar-refractivity contribution in [1.29, 1.82) is 0 Å². The van der Waals surface area contributed by atoms with Crippen LogP contribution in [0.25, 0.3) is 0 Å². The van der Waals surface area contributed by atoms with Crippen LogP contribution in [-0.2, 0) is 5.54 Å². The average Bonchev–Trinajstić information content (AvgIpc) is 3.08. The molecule has 1 aromatic heterocycles. The van der Waals surface area contributed by atoms with E-state index < -0.39 is 0 Å². The van der Waals surface area contributed by atoms with Crippen LogP contribution in [0, 0.1) is 5.92 Å². The van der Waals surface area contributed by atoms with Gasteiger partial charge in [-0.3, -0.25) is 0 Å². The Morgan fingerprint density at radius 3 is 2.59 bits per heavy atom. The first-order valence-corrected chi connectivity index (χ1v) is 6.61. The molecule has 5 nitrogen and oxygen atoms in total. The van der Waals surface area contributed by atoms with Crippen LogP contribution < -0.4 is 5.73 Å². The maximum absolute atomic E-state index is 6.57. The molecule has 1 saturated carbocycles. The Kier molecular flexibility index (Phi) is 1.94. The van der Waals surface area contributed by atoms with Gasteiger partial charge in [-0.2, -0.15) is 4.98 Å². The highest BCUT2D eigenvalue weighted by Crippen LogP contribution is 2.42. The number of nitrogens with two attached hydrogens (primary N) is 1. The number of rotatable bonds is 2. The Bertz CT molecular complexity index is 433. The summed E-state index contributed by atoms with van der Waals surface area (Å²) in [5.74, 6) is 2.59. The van der Waals surface area contributed by atoms with Crippen molar-refractivity contribution in [3.63, 3.8) is 0 Å². The first kappa shape index (κ1) is 10.0. The van der Waals surface area contributed by atoms with E-state index in [1.807, 2.05) is 0 Å². The molecule has 0 radical (unpaired) electrons. The van der Waals surface area contributed by atoms with E-state index >= 15 is 0 Å². The van der Waals surface area contributed by atoms with E-state index in [0.717, 1.165) is 18.3 Å². The summed E-state index contributed by atoms with van der Waals surface area (Å²) in [7, 11) is 0. The molecule has 1 aromatic rings. The molecule has 1 atom stereocenters. The van der Waals surface area contributed by atoms with Crippen LogP contribution in [-0.4, -0.2) is 34.7 Å². The predicted octanol–water partition coefficient (Wildman–Crippen LogP) is 0.827. The lowest BCUT2D eigenvalue weighted by Crippen LogP contribution is -2.62. The zero-order valence-electron chi connectivity index (χ0n) is 9.93. The molecule has 17 heavy (non-hydrogen) atoms. The van der Waals surface area contributed by atoms with Crippen LogP contribution in [0.5, 0.6) is 0 Å². The second-order valence-electron chi connectivity index (χ2n) is 5.82. The van der Waals surface area contributed by atoms with Gasteiger partial charge in [-0.25, -0.2) is 0 Å². The summed E-state index contributed by atoms with van der Waals surface area (Å²) < 4.78 is 5.36. The minimum absolute atomic E-state index is 0.368. The van der Waals surface area contributed by atoms with Crippen LogP contribution in [0.3, 0.4) is 0 Å². The molecule has 0 amide bonds. The topological polar surface area (TPSA) is 68.2 Å². The molecule has 0 aromatic carbocycles. The standard InChI is InChI=1S/C12H18N4O/c13-12(7-16-5-3-9(12)4-6-16)11-14-10(17-15-11)8-1-2-8/h8-9H,1-7,13H2. The molecule has 5 rings (SSSR count). The van der Waals surface area contributed by atoms with Gasteiger partial charge >= 0.3 is 0 Å². The van der Waals surface area contributed by atoms with Gasteiger partial charge in [0, 0.05) is 12.5 Å². The number of nitrogens with zero attached hydrogens (tertiary/aromatic N) is 3. The van der Waals surface area contributed by atoms with Crippen molar-refractivity contribution in [2.75, 3.05) is 19.6 Å². The molecule has 92 valence electrons. The molecule has 4 fully saturated rings. The molecule has 1 aliphatic carbocycles. The fourth-order valence-corrected chi connectivity index (χ4v) is 3.28. The van der Waals surface area contributed by atoms with Crippen molar-refractivity contribution in [3.8, 4) is 0 Å². The second-order valence-corrected chi connectivity index (χ2v) is 5.82. The summed E-state index contributed by atoms with van der Waals surface area (Å²) in [6.45, 7) is 3.25.